The smallest absolute Gasteiger partial charge is 0.238 e. The highest BCUT2D eigenvalue weighted by Crippen LogP contribution is 2.23. The first-order valence-corrected chi connectivity index (χ1v) is 9.05. The molecule has 6 nitrogen and oxygen atoms in total. The molecule has 132 valence electrons. The van der Waals surface area contributed by atoms with E-state index in [1.54, 1.807) is 0 Å². The molecule has 1 aliphatic rings. The molecule has 1 heterocycles. The van der Waals surface area contributed by atoms with Crippen molar-refractivity contribution >= 4 is 33.4 Å². The second kappa shape index (κ2) is 9.15. The molecule has 24 heavy (non-hydrogen) atoms. The highest BCUT2D eigenvalue weighted by Gasteiger charge is 2.26. The van der Waals surface area contributed by atoms with Crippen LogP contribution in [0.3, 0.4) is 0 Å². The van der Waals surface area contributed by atoms with Crippen molar-refractivity contribution in [1.82, 2.24) is 10.2 Å². The van der Waals surface area contributed by atoms with Gasteiger partial charge in [-0.3, -0.25) is 14.5 Å². The van der Waals surface area contributed by atoms with Gasteiger partial charge >= 0.3 is 0 Å². The summed E-state index contributed by atoms with van der Waals surface area (Å²) < 4.78 is 0.869. The standard InChI is InChI=1S/C17H25BrN4O2/c1-12-4-5-15(14(18)9-12)21-16(23)11-22-8-2-3-13(10-22)17(24)20-7-6-19/h4-5,9,13H,2-3,6-8,10-11,19H2,1H3,(H,20,24)(H,21,23). The number of aryl methyl sites for hydroxylation is 1. The Morgan fingerprint density at radius 1 is 1.42 bits per heavy atom. The van der Waals surface area contributed by atoms with Crippen LogP contribution in [0.15, 0.2) is 22.7 Å². The summed E-state index contributed by atoms with van der Waals surface area (Å²) in [4.78, 5) is 26.4. The summed E-state index contributed by atoms with van der Waals surface area (Å²) in [7, 11) is 0. The maximum Gasteiger partial charge on any atom is 0.238 e. The summed E-state index contributed by atoms with van der Waals surface area (Å²) in [5, 5.41) is 5.75. The minimum Gasteiger partial charge on any atom is -0.355 e. The summed E-state index contributed by atoms with van der Waals surface area (Å²) in [5.41, 5.74) is 7.30. The molecule has 2 rings (SSSR count). The molecule has 2 amide bonds. The van der Waals surface area contributed by atoms with Crippen molar-refractivity contribution in [3.8, 4) is 0 Å². The molecular weight excluding hydrogens is 372 g/mol. The third-order valence-electron chi connectivity index (χ3n) is 4.09. The second-order valence-electron chi connectivity index (χ2n) is 6.19. The average molecular weight is 397 g/mol. The molecule has 0 spiro atoms. The molecule has 7 heteroatoms. The molecule has 1 aromatic carbocycles. The Morgan fingerprint density at radius 2 is 2.21 bits per heavy atom. The first kappa shape index (κ1) is 18.9. The van der Waals surface area contributed by atoms with Crippen molar-refractivity contribution in [1.29, 1.82) is 0 Å². The molecule has 1 aromatic rings. The Bertz CT molecular complexity index is 594. The van der Waals surface area contributed by atoms with Gasteiger partial charge in [-0.05, 0) is 59.9 Å². The lowest BCUT2D eigenvalue weighted by Crippen LogP contribution is -2.46. The summed E-state index contributed by atoms with van der Waals surface area (Å²) in [6, 6.07) is 5.81. The van der Waals surface area contributed by atoms with E-state index in [4.69, 9.17) is 5.73 Å². The molecule has 1 saturated heterocycles. The highest BCUT2D eigenvalue weighted by atomic mass is 79.9. The van der Waals surface area contributed by atoms with Crippen molar-refractivity contribution in [2.45, 2.75) is 19.8 Å². The van der Waals surface area contributed by atoms with Crippen LogP contribution >= 0.6 is 15.9 Å². The van der Waals surface area contributed by atoms with Crippen molar-refractivity contribution in [3.05, 3.63) is 28.2 Å². The second-order valence-corrected chi connectivity index (χ2v) is 7.04. The number of carbonyl (C=O) groups is 2. The number of nitrogens with two attached hydrogens (primary N) is 1. The maximum atomic E-state index is 12.3. The SMILES string of the molecule is Cc1ccc(NC(=O)CN2CCCC(C(=O)NCCN)C2)c(Br)c1. The summed E-state index contributed by atoms with van der Waals surface area (Å²) in [5.74, 6) is -0.0985. The molecular formula is C17H25BrN4O2. The van der Waals surface area contributed by atoms with Crippen LogP contribution in [0, 0.1) is 12.8 Å². The molecule has 0 radical (unpaired) electrons. The quantitative estimate of drug-likeness (QED) is 0.679. The molecule has 4 N–H and O–H groups in total. The van der Waals surface area contributed by atoms with E-state index in [9.17, 15) is 9.59 Å². The lowest BCUT2D eigenvalue weighted by Gasteiger charge is -2.31. The number of halogens is 1. The van der Waals surface area contributed by atoms with Crippen molar-refractivity contribution in [3.63, 3.8) is 0 Å². The number of carbonyl (C=O) groups excluding carboxylic acids is 2. The first-order valence-electron chi connectivity index (χ1n) is 8.25. The molecule has 0 aliphatic carbocycles. The van der Waals surface area contributed by atoms with Gasteiger partial charge < -0.3 is 16.4 Å². The normalized spacial score (nSPS) is 18.2. The number of piperidine rings is 1. The van der Waals surface area contributed by atoms with Gasteiger partial charge in [0.25, 0.3) is 0 Å². The minimum absolute atomic E-state index is 0.0341. The van der Waals surface area contributed by atoms with Crippen LogP contribution in [-0.4, -0.2) is 49.4 Å². The third kappa shape index (κ3) is 5.58. The molecule has 0 saturated carbocycles. The predicted octanol–water partition coefficient (Wildman–Crippen LogP) is 1.48. The number of nitrogens with zero attached hydrogens (tertiary/aromatic N) is 1. The number of benzene rings is 1. The number of amides is 2. The van der Waals surface area contributed by atoms with Crippen LogP contribution in [0.1, 0.15) is 18.4 Å². The molecule has 0 bridgehead atoms. The molecule has 1 atom stereocenters. The average Bonchev–Trinajstić information content (AvgIpc) is 2.55. The fraction of sp³-hybridized carbons (Fsp3) is 0.529. The van der Waals surface area contributed by atoms with Gasteiger partial charge in [0.05, 0.1) is 18.2 Å². The number of hydrogen-bond acceptors (Lipinski definition) is 4. The molecule has 1 fully saturated rings. The van der Waals surface area contributed by atoms with Crippen LogP contribution in [0.2, 0.25) is 0 Å². The number of hydrogen-bond donors (Lipinski definition) is 3. The van der Waals surface area contributed by atoms with Gasteiger partial charge in [-0.25, -0.2) is 0 Å². The van der Waals surface area contributed by atoms with E-state index in [-0.39, 0.29) is 17.7 Å². The van der Waals surface area contributed by atoms with Gasteiger partial charge in [-0.1, -0.05) is 6.07 Å². The van der Waals surface area contributed by atoms with E-state index in [1.807, 2.05) is 30.0 Å². The lowest BCUT2D eigenvalue weighted by molar-refractivity contribution is -0.127. The van der Waals surface area contributed by atoms with Gasteiger partial charge in [0.1, 0.15) is 0 Å². The zero-order valence-corrected chi connectivity index (χ0v) is 15.6. The fourth-order valence-corrected chi connectivity index (χ4v) is 3.46. The Balaban J connectivity index is 1.85. The zero-order valence-electron chi connectivity index (χ0n) is 14.0. The van der Waals surface area contributed by atoms with E-state index < -0.39 is 0 Å². The summed E-state index contributed by atoms with van der Waals surface area (Å²) in [6.07, 6.45) is 1.78. The van der Waals surface area contributed by atoms with E-state index >= 15 is 0 Å². The van der Waals surface area contributed by atoms with E-state index in [0.29, 0.717) is 26.2 Å². The van der Waals surface area contributed by atoms with E-state index in [0.717, 1.165) is 35.1 Å². The number of likely N-dealkylation sites (tertiary alicyclic amines) is 1. The van der Waals surface area contributed by atoms with Crippen molar-refractivity contribution in [2.75, 3.05) is 38.0 Å². The lowest BCUT2D eigenvalue weighted by atomic mass is 9.97. The first-order chi connectivity index (χ1) is 11.5. The van der Waals surface area contributed by atoms with Crippen molar-refractivity contribution < 1.29 is 9.59 Å². The monoisotopic (exact) mass is 396 g/mol. The van der Waals surface area contributed by atoms with E-state index in [1.165, 1.54) is 0 Å². The summed E-state index contributed by atoms with van der Waals surface area (Å²) >= 11 is 3.46. The fourth-order valence-electron chi connectivity index (χ4n) is 2.87. The zero-order chi connectivity index (χ0) is 17.5. The number of anilines is 1. The number of nitrogens with one attached hydrogen (secondary N) is 2. The van der Waals surface area contributed by atoms with Gasteiger partial charge in [-0.2, -0.15) is 0 Å². The van der Waals surface area contributed by atoms with Gasteiger partial charge in [0, 0.05) is 24.1 Å². The van der Waals surface area contributed by atoms with Crippen LogP contribution in [0.25, 0.3) is 0 Å². The molecule has 0 aromatic heterocycles. The van der Waals surface area contributed by atoms with Crippen LogP contribution in [-0.2, 0) is 9.59 Å². The summed E-state index contributed by atoms with van der Waals surface area (Å²) in [6.45, 7) is 4.68. The topological polar surface area (TPSA) is 87.5 Å². The van der Waals surface area contributed by atoms with Crippen LogP contribution < -0.4 is 16.4 Å². The third-order valence-corrected chi connectivity index (χ3v) is 4.74. The number of rotatable bonds is 6. The Morgan fingerprint density at radius 3 is 2.92 bits per heavy atom. The van der Waals surface area contributed by atoms with Crippen LogP contribution in [0.5, 0.6) is 0 Å². The van der Waals surface area contributed by atoms with Gasteiger partial charge in [-0.15, -0.1) is 0 Å². The highest BCUT2D eigenvalue weighted by molar-refractivity contribution is 9.10. The van der Waals surface area contributed by atoms with E-state index in [2.05, 4.69) is 26.6 Å². The largest absolute Gasteiger partial charge is 0.355 e. The minimum atomic E-state index is -0.0671. The molecule has 1 unspecified atom stereocenters. The van der Waals surface area contributed by atoms with Crippen molar-refractivity contribution in [2.24, 2.45) is 11.7 Å². The molecule has 1 aliphatic heterocycles. The van der Waals surface area contributed by atoms with Gasteiger partial charge in [0.15, 0.2) is 0 Å². The Kier molecular flexibility index (Phi) is 7.20. The maximum absolute atomic E-state index is 12.3. The predicted molar refractivity (Wildman–Crippen MR) is 98.7 cm³/mol. The Labute approximate surface area is 151 Å². The van der Waals surface area contributed by atoms with Crippen LogP contribution in [0.4, 0.5) is 5.69 Å². The van der Waals surface area contributed by atoms with Gasteiger partial charge in [0.2, 0.25) is 11.8 Å². The Hall–Kier alpha value is -1.44.